The predicted molar refractivity (Wildman–Crippen MR) is 121 cm³/mol. The molecule has 0 atom stereocenters. The van der Waals surface area contributed by atoms with Gasteiger partial charge >= 0.3 is 0 Å². The van der Waals surface area contributed by atoms with Crippen LogP contribution in [0.3, 0.4) is 0 Å². The van der Waals surface area contributed by atoms with Gasteiger partial charge in [0.2, 0.25) is 0 Å². The van der Waals surface area contributed by atoms with Crippen molar-refractivity contribution < 1.29 is 9.53 Å². The van der Waals surface area contributed by atoms with Crippen LogP contribution >= 0.6 is 0 Å². The maximum absolute atomic E-state index is 12.2. The molecule has 0 saturated carbocycles. The van der Waals surface area contributed by atoms with Gasteiger partial charge in [0.15, 0.2) is 0 Å². The minimum atomic E-state index is -0.00750. The molecule has 3 aromatic rings. The van der Waals surface area contributed by atoms with E-state index in [0.29, 0.717) is 0 Å². The van der Waals surface area contributed by atoms with E-state index in [2.05, 4.69) is 34.5 Å². The third-order valence-electron chi connectivity index (χ3n) is 7.24. The molecule has 2 aromatic carbocycles. The first-order valence-electron chi connectivity index (χ1n) is 11.4. The van der Waals surface area contributed by atoms with Crippen molar-refractivity contribution in [2.75, 3.05) is 25.0 Å². The molecule has 3 aliphatic rings. The van der Waals surface area contributed by atoms with Crippen LogP contribution in [0.2, 0.25) is 0 Å². The van der Waals surface area contributed by atoms with Gasteiger partial charge in [-0.25, -0.2) is 0 Å². The summed E-state index contributed by atoms with van der Waals surface area (Å²) in [4.78, 5) is 19.4. The maximum atomic E-state index is 12.2. The van der Waals surface area contributed by atoms with Gasteiger partial charge in [-0.2, -0.15) is 0 Å². The zero-order valence-electron chi connectivity index (χ0n) is 17.7. The lowest BCUT2D eigenvalue weighted by molar-refractivity contribution is -0.0449. The zero-order valence-corrected chi connectivity index (χ0v) is 17.7. The van der Waals surface area contributed by atoms with E-state index in [-0.39, 0.29) is 11.5 Å². The van der Waals surface area contributed by atoms with Gasteiger partial charge in [0, 0.05) is 49.1 Å². The highest BCUT2D eigenvalue weighted by atomic mass is 16.5. The third kappa shape index (κ3) is 3.42. The van der Waals surface area contributed by atoms with Crippen molar-refractivity contribution >= 4 is 22.4 Å². The quantitative estimate of drug-likeness (QED) is 0.682. The standard InChI is InChI=1S/C26H27N3O2/c30-25-22-4-1-3-21-19(6-8-23(28-25)24(21)22)15-18-5-7-20(27-16-18)17-29-12-10-26(11-13-29)9-2-14-31-26/h1,3-8,16H,2,9-15,17H2,(H,28,30). The van der Waals surface area contributed by atoms with Crippen molar-refractivity contribution in [3.8, 4) is 0 Å². The minimum Gasteiger partial charge on any atom is -0.375 e. The zero-order chi connectivity index (χ0) is 20.8. The molecule has 2 fully saturated rings. The van der Waals surface area contributed by atoms with Crippen molar-refractivity contribution in [1.82, 2.24) is 9.88 Å². The molecule has 1 aromatic heterocycles. The number of anilines is 1. The first kappa shape index (κ1) is 19.0. The SMILES string of the molecule is O=C1Nc2ccc(Cc3ccc(CN4CCC5(CCCO5)CC4)nc3)c3cccc1c23. The van der Waals surface area contributed by atoms with Crippen molar-refractivity contribution in [2.45, 2.75) is 44.2 Å². The van der Waals surface area contributed by atoms with Crippen molar-refractivity contribution in [3.63, 3.8) is 0 Å². The second kappa shape index (κ2) is 7.43. The van der Waals surface area contributed by atoms with Crippen LogP contribution in [-0.2, 0) is 17.7 Å². The van der Waals surface area contributed by atoms with E-state index in [1.165, 1.54) is 24.0 Å². The number of piperidine rings is 1. The molecule has 0 radical (unpaired) electrons. The van der Waals surface area contributed by atoms with E-state index < -0.39 is 0 Å². The monoisotopic (exact) mass is 413 g/mol. The Balaban J connectivity index is 1.15. The number of hydrogen-bond donors (Lipinski definition) is 1. The van der Waals surface area contributed by atoms with E-state index in [1.54, 1.807) is 0 Å². The Morgan fingerprint density at radius 1 is 1.06 bits per heavy atom. The average Bonchev–Trinajstić information content (AvgIpc) is 3.39. The first-order chi connectivity index (χ1) is 15.2. The molecular formula is C26H27N3O2. The molecule has 6 rings (SSSR count). The molecule has 0 bridgehead atoms. The molecular weight excluding hydrogens is 386 g/mol. The molecule has 1 amide bonds. The van der Waals surface area contributed by atoms with E-state index in [9.17, 15) is 4.79 Å². The average molecular weight is 414 g/mol. The summed E-state index contributed by atoms with van der Waals surface area (Å²) in [6.45, 7) is 4.04. The van der Waals surface area contributed by atoms with E-state index in [0.717, 1.165) is 73.2 Å². The first-order valence-corrected chi connectivity index (χ1v) is 11.4. The lowest BCUT2D eigenvalue weighted by Gasteiger charge is -2.38. The van der Waals surface area contributed by atoms with Crippen molar-refractivity contribution in [2.24, 2.45) is 0 Å². The highest BCUT2D eigenvalue weighted by Crippen LogP contribution is 2.37. The highest BCUT2D eigenvalue weighted by Gasteiger charge is 2.38. The fourth-order valence-corrected chi connectivity index (χ4v) is 5.47. The lowest BCUT2D eigenvalue weighted by atomic mass is 9.88. The molecule has 2 saturated heterocycles. The largest absolute Gasteiger partial charge is 0.375 e. The molecule has 31 heavy (non-hydrogen) atoms. The van der Waals surface area contributed by atoms with Gasteiger partial charge in [-0.05, 0) is 66.8 Å². The Labute approximate surface area is 182 Å². The van der Waals surface area contributed by atoms with Crippen LogP contribution < -0.4 is 5.32 Å². The molecule has 158 valence electrons. The van der Waals surface area contributed by atoms with Gasteiger partial charge in [-0.3, -0.25) is 14.7 Å². The summed E-state index contributed by atoms with van der Waals surface area (Å²) in [5, 5.41) is 5.15. The highest BCUT2D eigenvalue weighted by molar-refractivity contribution is 6.24. The number of rotatable bonds is 4. The number of carbonyl (C=O) groups excluding carboxylic acids is 1. The number of nitrogens with zero attached hydrogens (tertiary/aromatic N) is 2. The molecule has 0 aliphatic carbocycles. The fraction of sp³-hybridized carbons (Fsp3) is 0.385. The summed E-state index contributed by atoms with van der Waals surface area (Å²) in [6.07, 6.45) is 7.56. The summed E-state index contributed by atoms with van der Waals surface area (Å²) in [5.41, 5.74) is 5.41. The summed E-state index contributed by atoms with van der Waals surface area (Å²) < 4.78 is 6.04. The lowest BCUT2D eigenvalue weighted by Crippen LogP contribution is -2.43. The van der Waals surface area contributed by atoms with Gasteiger partial charge in [0.05, 0.1) is 11.3 Å². The number of benzene rings is 2. The molecule has 1 spiro atoms. The fourth-order valence-electron chi connectivity index (χ4n) is 5.47. The van der Waals surface area contributed by atoms with E-state index >= 15 is 0 Å². The van der Waals surface area contributed by atoms with Crippen LogP contribution in [0, 0.1) is 0 Å². The molecule has 0 unspecified atom stereocenters. The summed E-state index contributed by atoms with van der Waals surface area (Å²) >= 11 is 0. The predicted octanol–water partition coefficient (Wildman–Crippen LogP) is 4.54. The number of pyridine rings is 1. The van der Waals surface area contributed by atoms with Crippen LogP contribution in [0.25, 0.3) is 10.8 Å². The number of carbonyl (C=O) groups is 1. The number of ether oxygens (including phenoxy) is 1. The topological polar surface area (TPSA) is 54.5 Å². The third-order valence-corrected chi connectivity index (χ3v) is 7.24. The second-order valence-electron chi connectivity index (χ2n) is 9.20. The van der Waals surface area contributed by atoms with Crippen molar-refractivity contribution in [1.29, 1.82) is 0 Å². The van der Waals surface area contributed by atoms with Crippen LogP contribution in [0.15, 0.2) is 48.7 Å². The minimum absolute atomic E-state index is 0.00750. The second-order valence-corrected chi connectivity index (χ2v) is 9.20. The van der Waals surface area contributed by atoms with Gasteiger partial charge in [0.1, 0.15) is 0 Å². The Morgan fingerprint density at radius 3 is 2.74 bits per heavy atom. The Bertz CT molecular complexity index is 1140. The van der Waals surface area contributed by atoms with Gasteiger partial charge in [0.25, 0.3) is 5.91 Å². The van der Waals surface area contributed by atoms with Crippen LogP contribution in [0.4, 0.5) is 5.69 Å². The molecule has 5 nitrogen and oxygen atoms in total. The van der Waals surface area contributed by atoms with E-state index in [1.807, 2.05) is 24.4 Å². The number of aromatic nitrogens is 1. The molecule has 3 aliphatic heterocycles. The summed E-state index contributed by atoms with van der Waals surface area (Å²) in [5.74, 6) is -0.00750. The van der Waals surface area contributed by atoms with Gasteiger partial charge < -0.3 is 10.1 Å². The van der Waals surface area contributed by atoms with Gasteiger partial charge in [-0.1, -0.05) is 24.3 Å². The van der Waals surface area contributed by atoms with Crippen LogP contribution in [0.5, 0.6) is 0 Å². The maximum Gasteiger partial charge on any atom is 0.256 e. The normalized spacial score (nSPS) is 19.9. The van der Waals surface area contributed by atoms with E-state index in [4.69, 9.17) is 9.72 Å². The number of nitrogens with one attached hydrogen (secondary N) is 1. The van der Waals surface area contributed by atoms with Crippen LogP contribution in [0.1, 0.15) is 52.9 Å². The Morgan fingerprint density at radius 2 is 1.97 bits per heavy atom. The van der Waals surface area contributed by atoms with Crippen molar-refractivity contribution in [3.05, 3.63) is 71.0 Å². The molecule has 1 N–H and O–H groups in total. The Kier molecular flexibility index (Phi) is 4.55. The van der Waals surface area contributed by atoms with Gasteiger partial charge in [-0.15, -0.1) is 0 Å². The summed E-state index contributed by atoms with van der Waals surface area (Å²) in [7, 11) is 0. The number of amides is 1. The number of hydrogen-bond acceptors (Lipinski definition) is 4. The Hall–Kier alpha value is -2.76. The summed E-state index contributed by atoms with van der Waals surface area (Å²) in [6, 6.07) is 14.5. The number of likely N-dealkylation sites (tertiary alicyclic amines) is 1. The molecule has 4 heterocycles. The smallest absolute Gasteiger partial charge is 0.256 e. The molecule has 5 heteroatoms. The van der Waals surface area contributed by atoms with Crippen LogP contribution in [-0.4, -0.2) is 41.1 Å².